The summed E-state index contributed by atoms with van der Waals surface area (Å²) in [5.41, 5.74) is 4.48. The number of fused-ring (bicyclic) bond motifs is 1. The molecular formula is C12H17N5. The summed E-state index contributed by atoms with van der Waals surface area (Å²) in [6, 6.07) is 3.96. The number of hydrogen-bond acceptors (Lipinski definition) is 4. The van der Waals surface area contributed by atoms with Crippen molar-refractivity contribution < 1.29 is 0 Å². The first-order valence-corrected chi connectivity index (χ1v) is 6.05. The van der Waals surface area contributed by atoms with E-state index in [1.54, 1.807) is 11.0 Å². The van der Waals surface area contributed by atoms with Gasteiger partial charge in [-0.25, -0.2) is 4.98 Å². The van der Waals surface area contributed by atoms with Crippen LogP contribution >= 0.6 is 0 Å². The molecule has 1 fully saturated rings. The highest BCUT2D eigenvalue weighted by molar-refractivity contribution is 5.74. The molecule has 3 rings (SSSR count). The van der Waals surface area contributed by atoms with E-state index in [0.29, 0.717) is 0 Å². The summed E-state index contributed by atoms with van der Waals surface area (Å²) < 4.78 is 0. The van der Waals surface area contributed by atoms with Gasteiger partial charge in [0.15, 0.2) is 5.65 Å². The highest BCUT2D eigenvalue weighted by atomic mass is 15.6. The van der Waals surface area contributed by atoms with Crippen molar-refractivity contribution in [2.75, 3.05) is 18.5 Å². The van der Waals surface area contributed by atoms with Crippen LogP contribution in [0.4, 0.5) is 0 Å². The second-order valence-electron chi connectivity index (χ2n) is 4.90. The number of piperidine rings is 1. The lowest BCUT2D eigenvalue weighted by Crippen LogP contribution is -2.48. The van der Waals surface area contributed by atoms with Crippen molar-refractivity contribution in [1.82, 2.24) is 20.2 Å². The highest BCUT2D eigenvalue weighted by Gasteiger charge is 2.27. The standard InChI is InChI=1S/C12H17N5/c1-12(4-7-13-8-5-12)16-17-11-10(9-15-17)3-2-6-14-11/h2-3,6,9,13,16H,4-5,7-8H2,1H3. The molecule has 2 aromatic heterocycles. The van der Waals surface area contributed by atoms with Crippen LogP contribution in [0.1, 0.15) is 19.8 Å². The first-order chi connectivity index (χ1) is 8.27. The van der Waals surface area contributed by atoms with Crippen LogP contribution in [0.2, 0.25) is 0 Å². The van der Waals surface area contributed by atoms with Crippen molar-refractivity contribution in [3.8, 4) is 0 Å². The van der Waals surface area contributed by atoms with Crippen molar-refractivity contribution in [3.05, 3.63) is 24.5 Å². The molecule has 0 bridgehead atoms. The van der Waals surface area contributed by atoms with Crippen molar-refractivity contribution in [2.24, 2.45) is 0 Å². The fourth-order valence-electron chi connectivity index (χ4n) is 2.29. The summed E-state index contributed by atoms with van der Waals surface area (Å²) in [5, 5.41) is 8.80. The number of nitrogens with one attached hydrogen (secondary N) is 2. The fraction of sp³-hybridized carbons (Fsp3) is 0.500. The van der Waals surface area contributed by atoms with Gasteiger partial charge in [0.05, 0.1) is 11.7 Å². The third-order valence-electron chi connectivity index (χ3n) is 3.41. The van der Waals surface area contributed by atoms with Crippen LogP contribution in [0.5, 0.6) is 0 Å². The molecule has 1 aliphatic rings. The van der Waals surface area contributed by atoms with Gasteiger partial charge < -0.3 is 10.7 Å². The van der Waals surface area contributed by atoms with Gasteiger partial charge in [0.25, 0.3) is 0 Å². The van der Waals surface area contributed by atoms with Crippen molar-refractivity contribution in [3.63, 3.8) is 0 Å². The molecule has 5 nitrogen and oxygen atoms in total. The molecule has 1 saturated heterocycles. The van der Waals surface area contributed by atoms with Gasteiger partial charge in [-0.2, -0.15) is 9.89 Å². The van der Waals surface area contributed by atoms with Crippen LogP contribution < -0.4 is 10.7 Å². The predicted molar refractivity (Wildman–Crippen MR) is 67.4 cm³/mol. The van der Waals surface area contributed by atoms with Gasteiger partial charge in [0, 0.05) is 11.6 Å². The molecule has 5 heteroatoms. The largest absolute Gasteiger partial charge is 0.317 e. The summed E-state index contributed by atoms with van der Waals surface area (Å²) in [6.45, 7) is 4.34. The van der Waals surface area contributed by atoms with Gasteiger partial charge in [0.2, 0.25) is 0 Å². The Hall–Kier alpha value is -1.62. The Morgan fingerprint density at radius 1 is 1.41 bits per heavy atom. The first kappa shape index (κ1) is 10.5. The average molecular weight is 231 g/mol. The van der Waals surface area contributed by atoms with Gasteiger partial charge in [-0.15, -0.1) is 0 Å². The van der Waals surface area contributed by atoms with E-state index < -0.39 is 0 Å². The Kier molecular flexibility index (Phi) is 2.48. The van der Waals surface area contributed by atoms with Gasteiger partial charge in [-0.1, -0.05) is 0 Å². The van der Waals surface area contributed by atoms with Crippen LogP contribution in [-0.2, 0) is 0 Å². The Balaban J connectivity index is 1.89. The van der Waals surface area contributed by atoms with Crippen molar-refractivity contribution >= 4 is 11.0 Å². The minimum Gasteiger partial charge on any atom is -0.317 e. The summed E-state index contributed by atoms with van der Waals surface area (Å²) >= 11 is 0. The SMILES string of the molecule is CC1(Nn2ncc3cccnc32)CCNCC1. The first-order valence-electron chi connectivity index (χ1n) is 6.05. The lowest BCUT2D eigenvalue weighted by Gasteiger charge is -2.35. The molecule has 0 unspecified atom stereocenters. The fourth-order valence-corrected chi connectivity index (χ4v) is 2.29. The maximum absolute atomic E-state index is 4.36. The van der Waals surface area contributed by atoms with E-state index in [9.17, 15) is 0 Å². The number of rotatable bonds is 2. The van der Waals surface area contributed by atoms with Crippen molar-refractivity contribution in [2.45, 2.75) is 25.3 Å². The molecule has 0 saturated carbocycles. The van der Waals surface area contributed by atoms with E-state index in [1.165, 1.54) is 0 Å². The Labute approximate surface area is 100 Å². The Morgan fingerprint density at radius 3 is 3.06 bits per heavy atom. The predicted octanol–water partition coefficient (Wildman–Crippen LogP) is 1.12. The summed E-state index contributed by atoms with van der Waals surface area (Å²) in [4.78, 5) is 6.17. The number of nitrogens with zero attached hydrogens (tertiary/aromatic N) is 3. The molecule has 0 aliphatic carbocycles. The lowest BCUT2D eigenvalue weighted by atomic mass is 9.92. The number of hydrogen-bond donors (Lipinski definition) is 2. The summed E-state index contributed by atoms with van der Waals surface area (Å²) in [7, 11) is 0. The Bertz CT molecular complexity index is 512. The zero-order valence-electron chi connectivity index (χ0n) is 9.98. The second-order valence-corrected chi connectivity index (χ2v) is 4.90. The van der Waals surface area contributed by atoms with E-state index in [0.717, 1.165) is 37.0 Å². The molecule has 0 aromatic carbocycles. The average Bonchev–Trinajstić information content (AvgIpc) is 2.73. The topological polar surface area (TPSA) is 54.8 Å². The van der Waals surface area contributed by atoms with Crippen LogP contribution in [-0.4, -0.2) is 33.5 Å². The summed E-state index contributed by atoms with van der Waals surface area (Å²) in [5.74, 6) is 0. The molecule has 0 amide bonds. The maximum atomic E-state index is 4.36. The normalized spacial score (nSPS) is 19.4. The van der Waals surface area contributed by atoms with Crippen LogP contribution in [0.3, 0.4) is 0 Å². The van der Waals surface area contributed by atoms with E-state index in [4.69, 9.17) is 0 Å². The zero-order valence-corrected chi connectivity index (χ0v) is 9.98. The highest BCUT2D eigenvalue weighted by Crippen LogP contribution is 2.19. The van der Waals surface area contributed by atoms with Gasteiger partial charge >= 0.3 is 0 Å². The van der Waals surface area contributed by atoms with E-state index >= 15 is 0 Å². The minimum absolute atomic E-state index is 0.0989. The smallest absolute Gasteiger partial charge is 0.180 e. The zero-order chi connectivity index (χ0) is 11.7. The molecule has 3 heterocycles. The number of pyridine rings is 1. The van der Waals surface area contributed by atoms with Crippen molar-refractivity contribution in [1.29, 1.82) is 0 Å². The van der Waals surface area contributed by atoms with Crippen LogP contribution in [0.25, 0.3) is 11.0 Å². The van der Waals surface area contributed by atoms with Crippen LogP contribution in [0, 0.1) is 0 Å². The molecule has 90 valence electrons. The number of aromatic nitrogens is 3. The molecule has 0 radical (unpaired) electrons. The maximum Gasteiger partial charge on any atom is 0.180 e. The third-order valence-corrected chi connectivity index (χ3v) is 3.41. The van der Waals surface area contributed by atoms with E-state index in [2.05, 4.69) is 27.7 Å². The summed E-state index contributed by atoms with van der Waals surface area (Å²) in [6.07, 6.45) is 5.84. The monoisotopic (exact) mass is 231 g/mol. The molecular weight excluding hydrogens is 214 g/mol. The van der Waals surface area contributed by atoms with Crippen LogP contribution in [0.15, 0.2) is 24.5 Å². The molecule has 2 aromatic rings. The van der Waals surface area contributed by atoms with Gasteiger partial charge in [0.1, 0.15) is 0 Å². The molecule has 17 heavy (non-hydrogen) atoms. The van der Waals surface area contributed by atoms with Gasteiger partial charge in [-0.3, -0.25) is 0 Å². The third kappa shape index (κ3) is 1.98. The van der Waals surface area contributed by atoms with E-state index in [1.807, 2.05) is 18.3 Å². The lowest BCUT2D eigenvalue weighted by molar-refractivity contribution is 0.334. The molecule has 0 atom stereocenters. The molecule has 0 spiro atoms. The molecule has 2 N–H and O–H groups in total. The van der Waals surface area contributed by atoms with Gasteiger partial charge in [-0.05, 0) is 45.0 Å². The molecule has 1 aliphatic heterocycles. The second kappa shape index (κ2) is 4.00. The minimum atomic E-state index is 0.0989. The van der Waals surface area contributed by atoms with E-state index in [-0.39, 0.29) is 5.54 Å². The quantitative estimate of drug-likeness (QED) is 0.813. The Morgan fingerprint density at radius 2 is 2.24 bits per heavy atom.